The topological polar surface area (TPSA) is 181 Å². The van der Waals surface area contributed by atoms with Gasteiger partial charge in [0, 0.05) is 21.7 Å². The molecule has 2 aromatic carbocycles. The predicted molar refractivity (Wildman–Crippen MR) is 177 cm³/mol. The summed E-state index contributed by atoms with van der Waals surface area (Å²) in [6.45, 7) is 3.17. The Morgan fingerprint density at radius 1 is 0.959 bits per heavy atom. The SMILES string of the molecule is CCOC(=O)c1ccc(NC(=O)COc2ccc([C@H]3c4sc(=O)[nH]c4SC4C5CC(C6C(=O)N(CC(=O)O)C(=O)C56)C43)cc2OCC)cc1. The molecule has 7 rings (SSSR count). The second-order valence-electron chi connectivity index (χ2n) is 12.4. The van der Waals surface area contributed by atoms with E-state index in [-0.39, 0.29) is 47.0 Å². The number of likely N-dealkylation sites (tertiary alicyclic amines) is 1. The van der Waals surface area contributed by atoms with Gasteiger partial charge in [-0.25, -0.2) is 4.79 Å². The second-order valence-corrected chi connectivity index (χ2v) is 14.6. The Balaban J connectivity index is 1.13. The minimum atomic E-state index is -1.23. The molecule has 49 heavy (non-hydrogen) atoms. The number of aromatic nitrogens is 1. The highest BCUT2D eigenvalue weighted by Gasteiger charge is 2.69. The maximum absolute atomic E-state index is 13.5. The van der Waals surface area contributed by atoms with Crippen molar-refractivity contribution in [3.63, 3.8) is 0 Å². The van der Waals surface area contributed by atoms with Gasteiger partial charge in [-0.05, 0) is 80.0 Å². The maximum atomic E-state index is 13.5. The van der Waals surface area contributed by atoms with E-state index >= 15 is 0 Å². The second kappa shape index (κ2) is 13.0. The summed E-state index contributed by atoms with van der Waals surface area (Å²) in [4.78, 5) is 80.1. The molecular weight excluding hydrogens is 675 g/mol. The van der Waals surface area contributed by atoms with Gasteiger partial charge in [-0.2, -0.15) is 0 Å². The van der Waals surface area contributed by atoms with Crippen LogP contribution in [-0.4, -0.2) is 76.3 Å². The molecule has 15 heteroatoms. The van der Waals surface area contributed by atoms with Gasteiger partial charge < -0.3 is 29.6 Å². The Kier molecular flexibility index (Phi) is 8.73. The highest BCUT2D eigenvalue weighted by atomic mass is 32.2. The van der Waals surface area contributed by atoms with Gasteiger partial charge in [0.25, 0.3) is 5.91 Å². The summed E-state index contributed by atoms with van der Waals surface area (Å²) in [7, 11) is 0. The number of nitrogens with one attached hydrogen (secondary N) is 2. The van der Waals surface area contributed by atoms with Crippen molar-refractivity contribution in [3.8, 4) is 11.5 Å². The lowest BCUT2D eigenvalue weighted by Gasteiger charge is -2.43. The molecule has 3 amide bonds. The van der Waals surface area contributed by atoms with Crippen LogP contribution in [0.3, 0.4) is 0 Å². The summed E-state index contributed by atoms with van der Waals surface area (Å²) >= 11 is 2.67. The van der Waals surface area contributed by atoms with Crippen LogP contribution in [0.15, 0.2) is 52.3 Å². The standard InChI is InChI=1S/C34H33N3O10S2/c1-3-45-21-11-16(7-10-20(21)47-14-22(38)35-17-8-5-15(6-9-17)33(43)46-4-2)24-25-18-12-19(28(25)48-30-29(24)49-34(44)36-30)27-26(18)31(41)37(32(27)42)13-23(39)40/h5-11,18-19,24-28H,3-4,12-14H2,1-2H3,(H,35,38)(H,36,44)(H,39,40)/t18?,19?,24-,25?,26?,27?,28?/m1/s1. The summed E-state index contributed by atoms with van der Waals surface area (Å²) in [5, 5.41) is 12.8. The van der Waals surface area contributed by atoms with Crippen molar-refractivity contribution < 1.29 is 43.3 Å². The minimum Gasteiger partial charge on any atom is -0.490 e. The lowest BCUT2D eigenvalue weighted by atomic mass is 9.68. The number of rotatable bonds is 11. The van der Waals surface area contributed by atoms with Gasteiger partial charge in [0.2, 0.25) is 11.8 Å². The molecule has 3 aromatic rings. The Bertz CT molecular complexity index is 1910. The fraction of sp³-hybridized carbons (Fsp3) is 0.412. The first-order valence-electron chi connectivity index (χ1n) is 16.0. The van der Waals surface area contributed by atoms with E-state index < -0.39 is 48.0 Å². The molecule has 0 spiro atoms. The molecule has 2 aliphatic heterocycles. The van der Waals surface area contributed by atoms with Crippen molar-refractivity contribution in [1.29, 1.82) is 0 Å². The zero-order valence-corrected chi connectivity index (χ0v) is 28.1. The number of thiazole rings is 1. The molecular formula is C34H33N3O10S2. The number of aliphatic carboxylic acids is 1. The normalized spacial score (nSPS) is 26.2. The Morgan fingerprint density at radius 3 is 2.39 bits per heavy atom. The number of ether oxygens (including phenoxy) is 3. The quantitative estimate of drug-likeness (QED) is 0.196. The van der Waals surface area contributed by atoms with Crippen molar-refractivity contribution in [1.82, 2.24) is 9.88 Å². The van der Waals surface area contributed by atoms with Gasteiger partial charge in [0.15, 0.2) is 18.1 Å². The van der Waals surface area contributed by atoms with Gasteiger partial charge in [0.05, 0.1) is 35.6 Å². The highest BCUT2D eigenvalue weighted by molar-refractivity contribution is 8.00. The molecule has 2 aliphatic carbocycles. The van der Waals surface area contributed by atoms with E-state index in [0.29, 0.717) is 35.8 Å². The lowest BCUT2D eigenvalue weighted by molar-refractivity contribution is -0.149. The van der Waals surface area contributed by atoms with Crippen LogP contribution in [0.4, 0.5) is 5.69 Å². The van der Waals surface area contributed by atoms with Crippen LogP contribution in [0.1, 0.15) is 47.0 Å². The zero-order chi connectivity index (χ0) is 34.6. The van der Waals surface area contributed by atoms with Crippen LogP contribution < -0.4 is 19.7 Å². The Labute approximate surface area is 288 Å². The van der Waals surface area contributed by atoms with Gasteiger partial charge in [0.1, 0.15) is 6.54 Å². The molecule has 0 radical (unpaired) electrons. The number of hydrogen-bond acceptors (Lipinski definition) is 11. The van der Waals surface area contributed by atoms with E-state index in [9.17, 15) is 33.9 Å². The van der Waals surface area contributed by atoms with Crippen molar-refractivity contribution in [2.24, 2.45) is 29.6 Å². The van der Waals surface area contributed by atoms with Crippen molar-refractivity contribution in [2.75, 3.05) is 31.7 Å². The number of fused-ring (bicyclic) bond motifs is 9. The predicted octanol–water partition coefficient (Wildman–Crippen LogP) is 3.59. The average Bonchev–Trinajstić information content (AvgIpc) is 3.81. The molecule has 256 valence electrons. The largest absolute Gasteiger partial charge is 0.490 e. The number of carboxylic acid groups (broad SMARTS) is 1. The number of carbonyl (C=O) groups is 5. The van der Waals surface area contributed by atoms with Gasteiger partial charge >= 0.3 is 16.8 Å². The lowest BCUT2D eigenvalue weighted by Crippen LogP contribution is -2.42. The fourth-order valence-electron chi connectivity index (χ4n) is 8.09. The van der Waals surface area contributed by atoms with Crippen molar-refractivity contribution >= 4 is 58.4 Å². The number of hydrogen-bond donors (Lipinski definition) is 3. The molecule has 3 fully saturated rings. The molecule has 13 nitrogen and oxygen atoms in total. The van der Waals surface area contributed by atoms with Crippen LogP contribution >= 0.6 is 23.1 Å². The monoisotopic (exact) mass is 707 g/mol. The Morgan fingerprint density at radius 2 is 1.69 bits per heavy atom. The first-order chi connectivity index (χ1) is 23.6. The molecule has 2 bridgehead atoms. The molecule has 3 heterocycles. The van der Waals surface area contributed by atoms with Crippen molar-refractivity contribution in [3.05, 3.63) is 68.1 Å². The molecule has 2 saturated carbocycles. The first kappa shape index (κ1) is 32.9. The highest BCUT2D eigenvalue weighted by Crippen LogP contribution is 2.68. The van der Waals surface area contributed by atoms with Crippen LogP contribution in [0, 0.1) is 29.6 Å². The van der Waals surface area contributed by atoms with Gasteiger partial charge in [-0.3, -0.25) is 28.9 Å². The number of thioether (sulfide) groups is 1. The molecule has 4 aliphatic rings. The smallest absolute Gasteiger partial charge is 0.338 e. The number of anilines is 1. The maximum Gasteiger partial charge on any atom is 0.338 e. The number of nitrogens with zero attached hydrogens (tertiary/aromatic N) is 1. The summed E-state index contributed by atoms with van der Waals surface area (Å²) in [5.41, 5.74) is 1.69. The number of carbonyl (C=O) groups excluding carboxylic acids is 4. The zero-order valence-electron chi connectivity index (χ0n) is 26.5. The van der Waals surface area contributed by atoms with E-state index in [1.165, 1.54) is 0 Å². The van der Waals surface area contributed by atoms with Crippen LogP contribution in [0.25, 0.3) is 0 Å². The van der Waals surface area contributed by atoms with E-state index in [2.05, 4.69) is 10.3 Å². The third-order valence-corrected chi connectivity index (χ3v) is 12.4. The number of imide groups is 1. The van der Waals surface area contributed by atoms with E-state index in [1.807, 2.05) is 19.1 Å². The van der Waals surface area contributed by atoms with Crippen LogP contribution in [0.5, 0.6) is 11.5 Å². The number of carboxylic acids is 1. The first-order valence-corrected chi connectivity index (χ1v) is 17.7. The molecule has 6 unspecified atom stereocenters. The number of benzene rings is 2. The van der Waals surface area contributed by atoms with Gasteiger partial charge in [-0.1, -0.05) is 17.4 Å². The van der Waals surface area contributed by atoms with Crippen molar-refractivity contribution in [2.45, 2.75) is 36.5 Å². The number of amides is 3. The van der Waals surface area contributed by atoms with Crippen LogP contribution in [0.2, 0.25) is 0 Å². The molecule has 3 N–H and O–H groups in total. The Hall–Kier alpha value is -4.63. The van der Waals surface area contributed by atoms with E-state index in [0.717, 1.165) is 31.7 Å². The fourth-order valence-corrected chi connectivity index (χ4v) is 11.0. The van der Waals surface area contributed by atoms with Crippen LogP contribution in [-0.2, 0) is 23.9 Å². The summed E-state index contributed by atoms with van der Waals surface area (Å²) in [6, 6.07) is 11.8. The third kappa shape index (κ3) is 5.78. The summed E-state index contributed by atoms with van der Waals surface area (Å²) in [6.07, 6.45) is 0.673. The number of esters is 1. The third-order valence-electron chi connectivity index (χ3n) is 9.77. The average molecular weight is 708 g/mol. The number of aromatic amines is 1. The molecule has 1 aromatic heterocycles. The van der Waals surface area contributed by atoms with E-state index in [1.54, 1.807) is 49.0 Å². The molecule has 7 atom stereocenters. The summed E-state index contributed by atoms with van der Waals surface area (Å²) < 4.78 is 16.8. The minimum absolute atomic E-state index is 0.0583. The molecule has 1 saturated heterocycles. The van der Waals surface area contributed by atoms with Gasteiger partial charge in [-0.15, -0.1) is 11.8 Å². The summed E-state index contributed by atoms with van der Waals surface area (Å²) in [5.74, 6) is -4.01. The number of H-pyrrole nitrogens is 1. The van der Waals surface area contributed by atoms with E-state index in [4.69, 9.17) is 14.2 Å².